The number of amides is 1. The van der Waals surface area contributed by atoms with Gasteiger partial charge in [-0.05, 0) is 42.5 Å². The number of carbonyl (C=O) groups is 1. The smallest absolute Gasteiger partial charge is 0.251 e. The van der Waals surface area contributed by atoms with Gasteiger partial charge in [0.05, 0.1) is 0 Å². The van der Waals surface area contributed by atoms with Gasteiger partial charge in [-0.15, -0.1) is 0 Å². The van der Waals surface area contributed by atoms with E-state index in [4.69, 9.17) is 4.74 Å². The zero-order chi connectivity index (χ0) is 14.5. The molecule has 1 aromatic rings. The van der Waals surface area contributed by atoms with Crippen molar-refractivity contribution in [3.63, 3.8) is 0 Å². The van der Waals surface area contributed by atoms with Crippen LogP contribution in [-0.2, 0) is 4.74 Å². The highest BCUT2D eigenvalue weighted by Gasteiger charge is 2.19. The summed E-state index contributed by atoms with van der Waals surface area (Å²) < 4.78 is 6.10. The predicted octanol–water partition coefficient (Wildman–Crippen LogP) is 3.55. The van der Waals surface area contributed by atoms with Crippen LogP contribution in [0.4, 0.5) is 0 Å². The summed E-state index contributed by atoms with van der Waals surface area (Å²) in [5, 5.41) is 2.99. The van der Waals surface area contributed by atoms with Gasteiger partial charge in [-0.2, -0.15) is 0 Å². The summed E-state index contributed by atoms with van der Waals surface area (Å²) >= 11 is 3.43. The summed E-state index contributed by atoms with van der Waals surface area (Å²) in [6.07, 6.45) is 0.920. The molecule has 0 aliphatic carbocycles. The van der Waals surface area contributed by atoms with E-state index in [9.17, 15) is 4.79 Å². The van der Waals surface area contributed by atoms with Crippen molar-refractivity contribution in [1.29, 1.82) is 0 Å². The molecule has 3 nitrogen and oxygen atoms in total. The fourth-order valence-electron chi connectivity index (χ4n) is 1.67. The van der Waals surface area contributed by atoms with E-state index in [1.54, 1.807) is 7.11 Å². The first-order valence-corrected chi connectivity index (χ1v) is 7.18. The molecule has 0 saturated heterocycles. The molecule has 1 amide bonds. The zero-order valence-electron chi connectivity index (χ0n) is 12.0. The summed E-state index contributed by atoms with van der Waals surface area (Å²) in [4.78, 5) is 12.1. The maximum atomic E-state index is 12.1. The van der Waals surface area contributed by atoms with Crippen molar-refractivity contribution in [2.75, 3.05) is 20.3 Å². The molecule has 0 atom stereocenters. The fourth-order valence-corrected chi connectivity index (χ4v) is 1.92. The summed E-state index contributed by atoms with van der Waals surface area (Å²) in [6, 6.07) is 5.62. The van der Waals surface area contributed by atoms with Crippen molar-refractivity contribution in [2.45, 2.75) is 27.2 Å². The minimum absolute atomic E-state index is 0.0268. The number of rotatable bonds is 6. The van der Waals surface area contributed by atoms with Crippen molar-refractivity contribution < 1.29 is 9.53 Å². The number of nitrogens with one attached hydrogen (secondary N) is 1. The highest BCUT2D eigenvalue weighted by Crippen LogP contribution is 2.20. The molecule has 0 radical (unpaired) electrons. The van der Waals surface area contributed by atoms with Crippen LogP contribution in [0, 0.1) is 12.3 Å². The summed E-state index contributed by atoms with van der Waals surface area (Å²) in [5.41, 5.74) is 1.80. The molecule has 106 valence electrons. The lowest BCUT2D eigenvalue weighted by molar-refractivity contribution is 0.0921. The van der Waals surface area contributed by atoms with Crippen molar-refractivity contribution in [2.24, 2.45) is 5.41 Å². The van der Waals surface area contributed by atoms with E-state index in [2.05, 4.69) is 35.1 Å². The van der Waals surface area contributed by atoms with Crippen LogP contribution in [0.25, 0.3) is 0 Å². The molecule has 1 N–H and O–H groups in total. The first-order chi connectivity index (χ1) is 8.85. The molecule has 19 heavy (non-hydrogen) atoms. The Morgan fingerprint density at radius 1 is 1.42 bits per heavy atom. The van der Waals surface area contributed by atoms with E-state index in [0.29, 0.717) is 18.7 Å². The van der Waals surface area contributed by atoms with Crippen LogP contribution in [0.2, 0.25) is 0 Å². The van der Waals surface area contributed by atoms with Gasteiger partial charge in [0.1, 0.15) is 0 Å². The molecule has 0 heterocycles. The van der Waals surface area contributed by atoms with Crippen molar-refractivity contribution in [1.82, 2.24) is 5.32 Å². The Morgan fingerprint density at radius 2 is 2.11 bits per heavy atom. The number of ether oxygens (including phenoxy) is 1. The number of carbonyl (C=O) groups excluding carboxylic acids is 1. The van der Waals surface area contributed by atoms with Crippen LogP contribution < -0.4 is 5.32 Å². The van der Waals surface area contributed by atoms with Crippen LogP contribution in [0.5, 0.6) is 0 Å². The fraction of sp³-hybridized carbons (Fsp3) is 0.533. The van der Waals surface area contributed by atoms with E-state index in [1.165, 1.54) is 0 Å². The molecule has 0 saturated carbocycles. The van der Waals surface area contributed by atoms with Crippen molar-refractivity contribution in [3.05, 3.63) is 33.8 Å². The quantitative estimate of drug-likeness (QED) is 0.867. The molecule has 0 aliphatic rings. The van der Waals surface area contributed by atoms with E-state index in [1.807, 2.05) is 25.1 Å². The number of aryl methyl sites for hydroxylation is 1. The maximum Gasteiger partial charge on any atom is 0.251 e. The molecule has 1 aromatic carbocycles. The Hall–Kier alpha value is -0.870. The second-order valence-corrected chi connectivity index (χ2v) is 6.41. The summed E-state index contributed by atoms with van der Waals surface area (Å²) in [7, 11) is 1.69. The molecule has 0 unspecified atom stereocenters. The van der Waals surface area contributed by atoms with E-state index in [0.717, 1.165) is 16.5 Å². The standard InChI is InChI=1S/C15H22BrNO2/c1-11-9-12(5-6-13(11)16)14(18)17-10-15(2,3)7-8-19-4/h5-6,9H,7-8,10H2,1-4H3,(H,17,18). The van der Waals surface area contributed by atoms with Crippen molar-refractivity contribution >= 4 is 21.8 Å². The average molecular weight is 328 g/mol. The number of hydrogen-bond donors (Lipinski definition) is 1. The first kappa shape index (κ1) is 16.2. The SMILES string of the molecule is COCCC(C)(C)CNC(=O)c1ccc(Br)c(C)c1. The Balaban J connectivity index is 2.57. The predicted molar refractivity (Wildman–Crippen MR) is 81.5 cm³/mol. The first-order valence-electron chi connectivity index (χ1n) is 6.39. The van der Waals surface area contributed by atoms with Gasteiger partial charge >= 0.3 is 0 Å². The molecular formula is C15H22BrNO2. The largest absolute Gasteiger partial charge is 0.385 e. The van der Waals surface area contributed by atoms with Crippen LogP contribution in [0.3, 0.4) is 0 Å². The molecular weight excluding hydrogens is 306 g/mol. The number of methoxy groups -OCH3 is 1. The van der Waals surface area contributed by atoms with Gasteiger partial charge in [0, 0.05) is 30.3 Å². The van der Waals surface area contributed by atoms with Gasteiger partial charge in [-0.1, -0.05) is 29.8 Å². The van der Waals surface area contributed by atoms with Crippen LogP contribution in [0.15, 0.2) is 22.7 Å². The minimum Gasteiger partial charge on any atom is -0.385 e. The van der Waals surface area contributed by atoms with Crippen LogP contribution >= 0.6 is 15.9 Å². The maximum absolute atomic E-state index is 12.1. The molecule has 0 spiro atoms. The Bertz CT molecular complexity index is 444. The van der Waals surface area contributed by atoms with E-state index in [-0.39, 0.29) is 11.3 Å². The topological polar surface area (TPSA) is 38.3 Å². The zero-order valence-corrected chi connectivity index (χ0v) is 13.6. The highest BCUT2D eigenvalue weighted by molar-refractivity contribution is 9.10. The molecule has 0 aromatic heterocycles. The Kier molecular flexibility index (Phi) is 6.01. The molecule has 0 fully saturated rings. The van der Waals surface area contributed by atoms with Crippen LogP contribution in [0.1, 0.15) is 36.2 Å². The monoisotopic (exact) mass is 327 g/mol. The lowest BCUT2D eigenvalue weighted by Gasteiger charge is -2.24. The Morgan fingerprint density at radius 3 is 2.68 bits per heavy atom. The number of hydrogen-bond acceptors (Lipinski definition) is 2. The van der Waals surface area contributed by atoms with Crippen LogP contribution in [-0.4, -0.2) is 26.2 Å². The molecule has 4 heteroatoms. The lowest BCUT2D eigenvalue weighted by Crippen LogP contribution is -2.34. The normalized spacial score (nSPS) is 11.4. The van der Waals surface area contributed by atoms with Gasteiger partial charge < -0.3 is 10.1 Å². The molecule has 0 aliphatic heterocycles. The number of halogens is 1. The third-order valence-corrected chi connectivity index (χ3v) is 4.02. The third-order valence-electron chi connectivity index (χ3n) is 3.13. The summed E-state index contributed by atoms with van der Waals surface area (Å²) in [6.45, 7) is 7.58. The lowest BCUT2D eigenvalue weighted by atomic mass is 9.89. The van der Waals surface area contributed by atoms with Gasteiger partial charge in [0.15, 0.2) is 0 Å². The minimum atomic E-state index is -0.0268. The molecule has 0 bridgehead atoms. The van der Waals surface area contributed by atoms with Gasteiger partial charge in [0.2, 0.25) is 0 Å². The van der Waals surface area contributed by atoms with Crippen molar-refractivity contribution in [3.8, 4) is 0 Å². The number of benzene rings is 1. The third kappa shape index (κ3) is 5.33. The highest BCUT2D eigenvalue weighted by atomic mass is 79.9. The second-order valence-electron chi connectivity index (χ2n) is 5.55. The Labute approximate surface area is 123 Å². The van der Waals surface area contributed by atoms with Gasteiger partial charge in [-0.3, -0.25) is 4.79 Å². The molecule has 1 rings (SSSR count). The van der Waals surface area contributed by atoms with Gasteiger partial charge in [0.25, 0.3) is 5.91 Å². The second kappa shape index (κ2) is 7.06. The van der Waals surface area contributed by atoms with E-state index >= 15 is 0 Å². The van der Waals surface area contributed by atoms with E-state index < -0.39 is 0 Å². The summed E-state index contributed by atoms with van der Waals surface area (Å²) in [5.74, 6) is -0.0268. The average Bonchev–Trinajstić information content (AvgIpc) is 2.37. The van der Waals surface area contributed by atoms with Gasteiger partial charge in [-0.25, -0.2) is 0 Å².